The van der Waals surface area contributed by atoms with Crippen LogP contribution in [-0.2, 0) is 4.74 Å². The minimum atomic E-state index is 0.210. The Hall–Kier alpha value is -0.0800. The maximum absolute atomic E-state index is 6.19. The number of ether oxygens (including phenoxy) is 1. The fourth-order valence-corrected chi connectivity index (χ4v) is 2.15. The first-order valence-electron chi connectivity index (χ1n) is 7.00. The molecule has 0 aromatic carbocycles. The summed E-state index contributed by atoms with van der Waals surface area (Å²) in [5.41, 5.74) is 6.19. The maximum atomic E-state index is 6.19. The molecule has 2 atom stereocenters. The smallest absolute Gasteiger partial charge is 0.0748 e. The zero-order valence-corrected chi connectivity index (χ0v) is 11.7. The summed E-state index contributed by atoms with van der Waals surface area (Å²) < 4.78 is 5.72. The molecule has 0 rings (SSSR count). The molecule has 2 unspecified atom stereocenters. The molecule has 0 bridgehead atoms. The van der Waals surface area contributed by atoms with Crippen molar-refractivity contribution in [1.29, 1.82) is 0 Å². The molecule has 0 spiro atoms. The van der Waals surface area contributed by atoms with E-state index in [1.54, 1.807) is 0 Å². The Kier molecular flexibility index (Phi) is 10.0. The van der Waals surface area contributed by atoms with Crippen LogP contribution in [0, 0.1) is 5.92 Å². The van der Waals surface area contributed by atoms with Crippen molar-refractivity contribution in [2.75, 3.05) is 6.61 Å². The average Bonchev–Trinajstić information content (AvgIpc) is 2.24. The topological polar surface area (TPSA) is 35.2 Å². The predicted octanol–water partition coefficient (Wildman–Crippen LogP) is 3.74. The first-order chi connectivity index (χ1) is 7.63. The number of nitrogens with two attached hydrogens (primary N) is 1. The van der Waals surface area contributed by atoms with Crippen LogP contribution in [0.1, 0.15) is 66.2 Å². The highest BCUT2D eigenvalue weighted by atomic mass is 16.5. The van der Waals surface area contributed by atoms with E-state index in [4.69, 9.17) is 10.5 Å². The highest BCUT2D eigenvalue weighted by Gasteiger charge is 2.20. The molecule has 0 aromatic rings. The SMILES string of the molecule is CCCCCCCC(N)C(OCC)C(C)C. The van der Waals surface area contributed by atoms with E-state index in [1.807, 2.05) is 6.92 Å². The van der Waals surface area contributed by atoms with Crippen LogP contribution >= 0.6 is 0 Å². The second kappa shape index (κ2) is 10.1. The lowest BCUT2D eigenvalue weighted by Crippen LogP contribution is -2.40. The van der Waals surface area contributed by atoms with Crippen molar-refractivity contribution in [2.24, 2.45) is 11.7 Å². The quantitative estimate of drug-likeness (QED) is 0.579. The van der Waals surface area contributed by atoms with Gasteiger partial charge >= 0.3 is 0 Å². The number of hydrogen-bond donors (Lipinski definition) is 1. The van der Waals surface area contributed by atoms with Gasteiger partial charge in [-0.2, -0.15) is 0 Å². The number of hydrogen-bond acceptors (Lipinski definition) is 2. The highest BCUT2D eigenvalue weighted by molar-refractivity contribution is 4.76. The molecule has 0 aliphatic carbocycles. The van der Waals surface area contributed by atoms with Crippen molar-refractivity contribution in [2.45, 2.75) is 78.4 Å². The molecule has 0 amide bonds. The summed E-state index contributed by atoms with van der Waals surface area (Å²) in [7, 11) is 0. The van der Waals surface area contributed by atoms with E-state index in [-0.39, 0.29) is 12.1 Å². The number of unbranched alkanes of at least 4 members (excludes halogenated alkanes) is 4. The Labute approximate surface area is 102 Å². The van der Waals surface area contributed by atoms with Gasteiger partial charge in [-0.3, -0.25) is 0 Å². The summed E-state index contributed by atoms with van der Waals surface area (Å²) in [6, 6.07) is 0.210. The van der Waals surface area contributed by atoms with Crippen molar-refractivity contribution in [3.8, 4) is 0 Å². The van der Waals surface area contributed by atoms with Crippen molar-refractivity contribution in [3.63, 3.8) is 0 Å². The molecule has 98 valence electrons. The van der Waals surface area contributed by atoms with Crippen LogP contribution in [0.5, 0.6) is 0 Å². The van der Waals surface area contributed by atoms with Gasteiger partial charge in [0.25, 0.3) is 0 Å². The lowest BCUT2D eigenvalue weighted by molar-refractivity contribution is 0.0103. The van der Waals surface area contributed by atoms with E-state index in [0.717, 1.165) is 13.0 Å². The van der Waals surface area contributed by atoms with Crippen LogP contribution in [0.3, 0.4) is 0 Å². The van der Waals surface area contributed by atoms with E-state index >= 15 is 0 Å². The summed E-state index contributed by atoms with van der Waals surface area (Å²) in [6.45, 7) is 9.44. The van der Waals surface area contributed by atoms with Crippen molar-refractivity contribution in [3.05, 3.63) is 0 Å². The first kappa shape index (κ1) is 15.9. The van der Waals surface area contributed by atoms with E-state index < -0.39 is 0 Å². The molecule has 0 saturated carbocycles. The van der Waals surface area contributed by atoms with Gasteiger partial charge in [0.15, 0.2) is 0 Å². The minimum absolute atomic E-state index is 0.210. The van der Waals surface area contributed by atoms with Crippen LogP contribution < -0.4 is 5.73 Å². The Morgan fingerprint density at radius 3 is 2.12 bits per heavy atom. The van der Waals surface area contributed by atoms with Gasteiger partial charge in [0.05, 0.1) is 6.10 Å². The molecule has 16 heavy (non-hydrogen) atoms. The highest BCUT2D eigenvalue weighted by Crippen LogP contribution is 2.15. The lowest BCUT2D eigenvalue weighted by atomic mass is 9.95. The Morgan fingerprint density at radius 2 is 1.62 bits per heavy atom. The normalized spacial score (nSPS) is 15.4. The van der Waals surface area contributed by atoms with E-state index in [2.05, 4.69) is 20.8 Å². The Bertz CT molecular complexity index is 148. The third-order valence-corrected chi connectivity index (χ3v) is 3.08. The molecule has 2 nitrogen and oxygen atoms in total. The lowest BCUT2D eigenvalue weighted by Gasteiger charge is -2.27. The number of rotatable bonds is 10. The maximum Gasteiger partial charge on any atom is 0.0748 e. The molecule has 0 fully saturated rings. The molecule has 0 saturated heterocycles. The summed E-state index contributed by atoms with van der Waals surface area (Å²) in [6.07, 6.45) is 7.91. The summed E-state index contributed by atoms with van der Waals surface area (Å²) in [5, 5.41) is 0. The van der Waals surface area contributed by atoms with Gasteiger partial charge in [-0.15, -0.1) is 0 Å². The third-order valence-electron chi connectivity index (χ3n) is 3.08. The van der Waals surface area contributed by atoms with Gasteiger partial charge in [-0.25, -0.2) is 0 Å². The van der Waals surface area contributed by atoms with Gasteiger partial charge in [0.2, 0.25) is 0 Å². The monoisotopic (exact) mass is 229 g/mol. The van der Waals surface area contributed by atoms with Gasteiger partial charge < -0.3 is 10.5 Å². The summed E-state index contributed by atoms with van der Waals surface area (Å²) >= 11 is 0. The van der Waals surface area contributed by atoms with E-state index in [0.29, 0.717) is 5.92 Å². The standard InChI is InChI=1S/C14H31NO/c1-5-7-8-9-10-11-13(15)14(12(3)4)16-6-2/h12-14H,5-11,15H2,1-4H3. The van der Waals surface area contributed by atoms with Gasteiger partial charge in [0, 0.05) is 12.6 Å². The summed E-state index contributed by atoms with van der Waals surface area (Å²) in [4.78, 5) is 0. The van der Waals surface area contributed by atoms with E-state index in [9.17, 15) is 0 Å². The second-order valence-electron chi connectivity index (χ2n) is 5.03. The van der Waals surface area contributed by atoms with Gasteiger partial charge in [0.1, 0.15) is 0 Å². The molecule has 0 aliphatic heterocycles. The van der Waals surface area contributed by atoms with Crippen molar-refractivity contribution >= 4 is 0 Å². The van der Waals surface area contributed by atoms with Crippen LogP contribution in [0.15, 0.2) is 0 Å². The average molecular weight is 229 g/mol. The van der Waals surface area contributed by atoms with Gasteiger partial charge in [-0.1, -0.05) is 52.9 Å². The van der Waals surface area contributed by atoms with Crippen molar-refractivity contribution < 1.29 is 4.74 Å². The first-order valence-corrected chi connectivity index (χ1v) is 7.00. The zero-order chi connectivity index (χ0) is 12.4. The molecule has 0 heterocycles. The molecule has 0 aliphatic rings. The molecular formula is C14H31NO. The zero-order valence-electron chi connectivity index (χ0n) is 11.7. The fraction of sp³-hybridized carbons (Fsp3) is 1.00. The molecule has 0 radical (unpaired) electrons. The molecular weight excluding hydrogens is 198 g/mol. The molecule has 0 aromatic heterocycles. The Balaban J connectivity index is 3.69. The van der Waals surface area contributed by atoms with Crippen LogP contribution in [0.2, 0.25) is 0 Å². The third kappa shape index (κ3) is 7.24. The molecule has 2 N–H and O–H groups in total. The second-order valence-corrected chi connectivity index (χ2v) is 5.03. The summed E-state index contributed by atoms with van der Waals surface area (Å²) in [5.74, 6) is 0.519. The van der Waals surface area contributed by atoms with Crippen LogP contribution in [-0.4, -0.2) is 18.8 Å². The molecule has 2 heteroatoms. The Morgan fingerprint density at radius 1 is 1.00 bits per heavy atom. The van der Waals surface area contributed by atoms with Crippen LogP contribution in [0.4, 0.5) is 0 Å². The van der Waals surface area contributed by atoms with Crippen molar-refractivity contribution in [1.82, 2.24) is 0 Å². The minimum Gasteiger partial charge on any atom is -0.377 e. The van der Waals surface area contributed by atoms with Gasteiger partial charge in [-0.05, 0) is 19.3 Å². The largest absolute Gasteiger partial charge is 0.377 e. The fourth-order valence-electron chi connectivity index (χ4n) is 2.15. The predicted molar refractivity (Wildman–Crippen MR) is 71.6 cm³/mol. The van der Waals surface area contributed by atoms with Crippen LogP contribution in [0.25, 0.3) is 0 Å². The van der Waals surface area contributed by atoms with E-state index in [1.165, 1.54) is 32.1 Å².